The summed E-state index contributed by atoms with van der Waals surface area (Å²) < 4.78 is 11.5. The van der Waals surface area contributed by atoms with E-state index >= 15 is 0 Å². The third kappa shape index (κ3) is 2.55. The average Bonchev–Trinajstić information content (AvgIpc) is 2.90. The van der Waals surface area contributed by atoms with Crippen LogP contribution in [0.4, 0.5) is 0 Å². The van der Waals surface area contributed by atoms with E-state index in [1.807, 2.05) is 19.2 Å². The molecule has 1 unspecified atom stereocenters. The van der Waals surface area contributed by atoms with Gasteiger partial charge in [0.25, 0.3) is 0 Å². The first kappa shape index (κ1) is 12.7. The van der Waals surface area contributed by atoms with Crippen LogP contribution in [0.1, 0.15) is 50.8 Å². The minimum Gasteiger partial charge on any atom is -0.468 e. The molecule has 1 aromatic heterocycles. The van der Waals surface area contributed by atoms with Gasteiger partial charge in [-0.1, -0.05) is 26.2 Å². The SMILES string of the molecule is CCNC(c1ccco1)C1(OC)CCCCC1. The Morgan fingerprint density at radius 1 is 1.41 bits per heavy atom. The molecule has 1 saturated carbocycles. The Labute approximate surface area is 104 Å². The predicted octanol–water partition coefficient (Wildman–Crippen LogP) is 3.28. The van der Waals surface area contributed by atoms with Crippen molar-refractivity contribution in [3.8, 4) is 0 Å². The molecule has 3 nitrogen and oxygen atoms in total. The molecule has 0 amide bonds. The summed E-state index contributed by atoms with van der Waals surface area (Å²) in [6.45, 7) is 3.05. The van der Waals surface area contributed by atoms with E-state index in [0.29, 0.717) is 0 Å². The first-order valence-corrected chi connectivity index (χ1v) is 6.64. The first-order valence-electron chi connectivity index (χ1n) is 6.64. The molecule has 1 heterocycles. The second kappa shape index (κ2) is 5.69. The molecule has 96 valence electrons. The van der Waals surface area contributed by atoms with Crippen molar-refractivity contribution >= 4 is 0 Å². The van der Waals surface area contributed by atoms with Crippen molar-refractivity contribution in [2.75, 3.05) is 13.7 Å². The normalized spacial score (nSPS) is 21.3. The number of hydrogen-bond donors (Lipinski definition) is 1. The van der Waals surface area contributed by atoms with Gasteiger partial charge in [-0.15, -0.1) is 0 Å². The van der Waals surface area contributed by atoms with Gasteiger partial charge in [-0.2, -0.15) is 0 Å². The minimum absolute atomic E-state index is 0.0912. The Hall–Kier alpha value is -0.800. The summed E-state index contributed by atoms with van der Waals surface area (Å²) in [6.07, 6.45) is 7.78. The Morgan fingerprint density at radius 2 is 2.18 bits per heavy atom. The van der Waals surface area contributed by atoms with Gasteiger partial charge < -0.3 is 14.5 Å². The van der Waals surface area contributed by atoms with Crippen LogP contribution in [0.5, 0.6) is 0 Å². The van der Waals surface area contributed by atoms with E-state index in [2.05, 4.69) is 12.2 Å². The summed E-state index contributed by atoms with van der Waals surface area (Å²) in [5.74, 6) is 0.996. The summed E-state index contributed by atoms with van der Waals surface area (Å²) in [4.78, 5) is 0. The fourth-order valence-electron chi connectivity index (χ4n) is 2.97. The van der Waals surface area contributed by atoms with Gasteiger partial charge in [0, 0.05) is 7.11 Å². The van der Waals surface area contributed by atoms with Crippen molar-refractivity contribution in [1.82, 2.24) is 5.32 Å². The molecule has 1 aliphatic carbocycles. The van der Waals surface area contributed by atoms with Crippen molar-refractivity contribution in [2.45, 2.75) is 50.7 Å². The summed E-state index contributed by atoms with van der Waals surface area (Å²) in [5.41, 5.74) is -0.0912. The number of nitrogens with one attached hydrogen (secondary N) is 1. The highest BCUT2D eigenvalue weighted by Gasteiger charge is 2.41. The van der Waals surface area contributed by atoms with Gasteiger partial charge in [-0.05, 0) is 31.5 Å². The molecule has 0 aromatic carbocycles. The Kier molecular flexibility index (Phi) is 4.24. The van der Waals surface area contributed by atoms with Crippen molar-refractivity contribution in [2.24, 2.45) is 0 Å². The molecule has 1 aliphatic rings. The van der Waals surface area contributed by atoms with Crippen LogP contribution in [0, 0.1) is 0 Å². The van der Waals surface area contributed by atoms with E-state index in [1.165, 1.54) is 19.3 Å². The van der Waals surface area contributed by atoms with Gasteiger partial charge in [0.2, 0.25) is 0 Å². The van der Waals surface area contributed by atoms with Crippen LogP contribution in [0.2, 0.25) is 0 Å². The molecular weight excluding hydrogens is 214 g/mol. The van der Waals surface area contributed by atoms with Crippen molar-refractivity contribution in [3.05, 3.63) is 24.2 Å². The largest absolute Gasteiger partial charge is 0.468 e. The number of rotatable bonds is 5. The molecule has 0 aliphatic heterocycles. The Morgan fingerprint density at radius 3 is 2.71 bits per heavy atom. The highest BCUT2D eigenvalue weighted by Crippen LogP contribution is 2.41. The highest BCUT2D eigenvalue weighted by molar-refractivity contribution is 5.12. The quantitative estimate of drug-likeness (QED) is 0.853. The Bertz CT molecular complexity index is 315. The van der Waals surface area contributed by atoms with E-state index in [-0.39, 0.29) is 11.6 Å². The van der Waals surface area contributed by atoms with Crippen LogP contribution in [0.25, 0.3) is 0 Å². The number of furan rings is 1. The van der Waals surface area contributed by atoms with E-state index in [0.717, 1.165) is 25.1 Å². The molecule has 0 radical (unpaired) electrons. The molecule has 17 heavy (non-hydrogen) atoms. The lowest BCUT2D eigenvalue weighted by atomic mass is 9.78. The maximum absolute atomic E-state index is 5.89. The Balaban J connectivity index is 2.23. The first-order chi connectivity index (χ1) is 8.32. The van der Waals surface area contributed by atoms with Gasteiger partial charge in [-0.3, -0.25) is 0 Å². The summed E-state index contributed by atoms with van der Waals surface area (Å²) in [6, 6.07) is 4.17. The van der Waals surface area contributed by atoms with Crippen molar-refractivity contribution in [1.29, 1.82) is 0 Å². The third-order valence-corrected chi connectivity index (χ3v) is 3.87. The minimum atomic E-state index is -0.0912. The molecule has 1 fully saturated rings. The zero-order valence-electron chi connectivity index (χ0n) is 10.9. The third-order valence-electron chi connectivity index (χ3n) is 3.87. The lowest BCUT2D eigenvalue weighted by molar-refractivity contribution is -0.0729. The standard InChI is InChI=1S/C14H23NO2/c1-3-15-13(12-8-7-11-17-12)14(16-2)9-5-4-6-10-14/h7-8,11,13,15H,3-6,9-10H2,1-2H3. The van der Waals surface area contributed by atoms with Crippen LogP contribution < -0.4 is 5.32 Å². The van der Waals surface area contributed by atoms with Crippen LogP contribution in [-0.4, -0.2) is 19.3 Å². The zero-order chi connectivity index (χ0) is 12.1. The van der Waals surface area contributed by atoms with Crippen LogP contribution in [0.15, 0.2) is 22.8 Å². The second-order valence-corrected chi connectivity index (χ2v) is 4.84. The van der Waals surface area contributed by atoms with E-state index < -0.39 is 0 Å². The molecule has 0 saturated heterocycles. The molecule has 2 rings (SSSR count). The summed E-state index contributed by atoms with van der Waals surface area (Å²) in [5, 5.41) is 3.53. The van der Waals surface area contributed by atoms with Gasteiger partial charge in [0.05, 0.1) is 17.9 Å². The lowest BCUT2D eigenvalue weighted by Gasteiger charge is -2.41. The van der Waals surface area contributed by atoms with Crippen LogP contribution >= 0.6 is 0 Å². The van der Waals surface area contributed by atoms with Crippen molar-refractivity contribution < 1.29 is 9.15 Å². The molecule has 1 atom stereocenters. The van der Waals surface area contributed by atoms with Gasteiger partial charge in [0.15, 0.2) is 0 Å². The summed E-state index contributed by atoms with van der Waals surface area (Å²) in [7, 11) is 1.83. The van der Waals surface area contributed by atoms with E-state index in [1.54, 1.807) is 6.26 Å². The highest BCUT2D eigenvalue weighted by atomic mass is 16.5. The van der Waals surface area contributed by atoms with Crippen LogP contribution in [0.3, 0.4) is 0 Å². The molecule has 1 N–H and O–H groups in total. The lowest BCUT2D eigenvalue weighted by Crippen LogP contribution is -2.46. The number of ether oxygens (including phenoxy) is 1. The smallest absolute Gasteiger partial charge is 0.123 e. The number of methoxy groups -OCH3 is 1. The maximum Gasteiger partial charge on any atom is 0.123 e. The van der Waals surface area contributed by atoms with Gasteiger partial charge >= 0.3 is 0 Å². The topological polar surface area (TPSA) is 34.4 Å². The molecule has 0 spiro atoms. The second-order valence-electron chi connectivity index (χ2n) is 4.84. The van der Waals surface area contributed by atoms with Gasteiger partial charge in [0.1, 0.15) is 5.76 Å². The zero-order valence-corrected chi connectivity index (χ0v) is 10.9. The monoisotopic (exact) mass is 237 g/mol. The molecule has 0 bridgehead atoms. The number of hydrogen-bond acceptors (Lipinski definition) is 3. The number of likely N-dealkylation sites (N-methyl/N-ethyl adjacent to an activating group) is 1. The van der Waals surface area contributed by atoms with Crippen LogP contribution in [-0.2, 0) is 4.74 Å². The van der Waals surface area contributed by atoms with E-state index in [9.17, 15) is 0 Å². The molecule has 3 heteroatoms. The predicted molar refractivity (Wildman–Crippen MR) is 68.0 cm³/mol. The van der Waals surface area contributed by atoms with Gasteiger partial charge in [-0.25, -0.2) is 0 Å². The molecule has 1 aromatic rings. The fourth-order valence-corrected chi connectivity index (χ4v) is 2.97. The summed E-state index contributed by atoms with van der Waals surface area (Å²) >= 11 is 0. The fraction of sp³-hybridized carbons (Fsp3) is 0.714. The van der Waals surface area contributed by atoms with E-state index in [4.69, 9.17) is 9.15 Å². The maximum atomic E-state index is 5.89. The average molecular weight is 237 g/mol. The van der Waals surface area contributed by atoms with Crippen molar-refractivity contribution in [3.63, 3.8) is 0 Å². The molecular formula is C14H23NO2.